The summed E-state index contributed by atoms with van der Waals surface area (Å²) in [7, 11) is 0. The highest BCUT2D eigenvalue weighted by Crippen LogP contribution is 2.25. The molecule has 1 rings (SSSR count). The van der Waals surface area contributed by atoms with E-state index in [1.54, 1.807) is 0 Å². The highest BCUT2D eigenvalue weighted by atomic mass is 16.5. The van der Waals surface area contributed by atoms with E-state index in [9.17, 15) is 4.79 Å². The molecule has 4 nitrogen and oxygen atoms in total. The van der Waals surface area contributed by atoms with Gasteiger partial charge in [0, 0.05) is 13.2 Å². The van der Waals surface area contributed by atoms with Crippen molar-refractivity contribution >= 4 is 5.91 Å². The van der Waals surface area contributed by atoms with Crippen LogP contribution in [0.3, 0.4) is 0 Å². The van der Waals surface area contributed by atoms with Crippen LogP contribution >= 0.6 is 0 Å². The first-order valence-electron chi connectivity index (χ1n) is 7.11. The van der Waals surface area contributed by atoms with E-state index in [4.69, 9.17) is 9.84 Å². The zero-order chi connectivity index (χ0) is 13.4. The summed E-state index contributed by atoms with van der Waals surface area (Å²) in [6.07, 6.45) is 5.63. The third-order valence-electron chi connectivity index (χ3n) is 3.61. The van der Waals surface area contributed by atoms with E-state index in [1.165, 1.54) is 12.8 Å². The van der Waals surface area contributed by atoms with Gasteiger partial charge in [-0.1, -0.05) is 26.7 Å². The van der Waals surface area contributed by atoms with Gasteiger partial charge in [0.25, 0.3) is 0 Å². The quantitative estimate of drug-likeness (QED) is 0.730. The number of aliphatic hydroxyl groups excluding tert-OH is 1. The van der Waals surface area contributed by atoms with E-state index in [1.807, 2.05) is 6.92 Å². The first-order valence-corrected chi connectivity index (χ1v) is 7.11. The van der Waals surface area contributed by atoms with Gasteiger partial charge in [0.05, 0.1) is 6.10 Å². The number of hydrogen-bond donors (Lipinski definition) is 2. The molecule has 0 spiro atoms. The molecule has 1 amide bonds. The molecule has 1 fully saturated rings. The van der Waals surface area contributed by atoms with E-state index < -0.39 is 0 Å². The molecule has 3 unspecified atom stereocenters. The molecule has 2 N–H and O–H groups in total. The minimum absolute atomic E-state index is 0.0435. The van der Waals surface area contributed by atoms with E-state index in [-0.39, 0.29) is 25.2 Å². The average Bonchev–Trinajstić information content (AvgIpc) is 2.34. The fraction of sp³-hybridized carbons (Fsp3) is 0.929. The van der Waals surface area contributed by atoms with Gasteiger partial charge in [0.15, 0.2) is 0 Å². The third kappa shape index (κ3) is 6.36. The van der Waals surface area contributed by atoms with Crippen LogP contribution in [0.15, 0.2) is 0 Å². The Bertz CT molecular complexity index is 245. The molecule has 106 valence electrons. The van der Waals surface area contributed by atoms with Crippen LogP contribution < -0.4 is 5.32 Å². The molecule has 0 aromatic heterocycles. The summed E-state index contributed by atoms with van der Waals surface area (Å²) < 4.78 is 5.65. The second-order valence-corrected chi connectivity index (χ2v) is 5.63. The lowest BCUT2D eigenvalue weighted by Crippen LogP contribution is -2.34. The van der Waals surface area contributed by atoms with Gasteiger partial charge in [-0.15, -0.1) is 0 Å². The molecule has 4 heteroatoms. The van der Waals surface area contributed by atoms with Crippen molar-refractivity contribution in [1.82, 2.24) is 5.32 Å². The van der Waals surface area contributed by atoms with Crippen LogP contribution in [0.4, 0.5) is 0 Å². The molecule has 0 radical (unpaired) electrons. The number of rotatable bonds is 7. The average molecular weight is 257 g/mol. The van der Waals surface area contributed by atoms with Crippen molar-refractivity contribution in [3.05, 3.63) is 0 Å². The molecular formula is C14H27NO3. The molecule has 1 aliphatic carbocycles. The predicted molar refractivity (Wildman–Crippen MR) is 71.2 cm³/mol. The summed E-state index contributed by atoms with van der Waals surface area (Å²) in [6.45, 7) is 5.22. The normalized spacial score (nSPS) is 25.7. The van der Waals surface area contributed by atoms with E-state index in [2.05, 4.69) is 12.2 Å². The van der Waals surface area contributed by atoms with Gasteiger partial charge in [-0.2, -0.15) is 0 Å². The van der Waals surface area contributed by atoms with Crippen LogP contribution in [-0.2, 0) is 9.53 Å². The summed E-state index contributed by atoms with van der Waals surface area (Å²) in [5.74, 6) is 0.989. The number of carbonyl (C=O) groups excluding carboxylic acids is 1. The monoisotopic (exact) mass is 257 g/mol. The van der Waals surface area contributed by atoms with Crippen molar-refractivity contribution in [1.29, 1.82) is 0 Å². The van der Waals surface area contributed by atoms with Crippen molar-refractivity contribution in [2.24, 2.45) is 11.8 Å². The fourth-order valence-corrected chi connectivity index (χ4v) is 2.38. The molecule has 0 heterocycles. The SMILES string of the molecule is CC(CCO)CNC(=O)COC1CCCC(C)C1. The molecule has 18 heavy (non-hydrogen) atoms. The summed E-state index contributed by atoms with van der Waals surface area (Å²) in [6, 6.07) is 0. The Labute approximate surface area is 110 Å². The van der Waals surface area contributed by atoms with E-state index in [0.29, 0.717) is 12.5 Å². The van der Waals surface area contributed by atoms with Crippen molar-refractivity contribution in [2.75, 3.05) is 19.8 Å². The maximum Gasteiger partial charge on any atom is 0.246 e. The Balaban J connectivity index is 2.09. The van der Waals surface area contributed by atoms with Crippen molar-refractivity contribution in [2.45, 2.75) is 52.1 Å². The van der Waals surface area contributed by atoms with Gasteiger partial charge in [-0.05, 0) is 31.1 Å². The lowest BCUT2D eigenvalue weighted by Gasteiger charge is -2.26. The predicted octanol–water partition coefficient (Wildman–Crippen LogP) is 1.72. The maximum absolute atomic E-state index is 11.6. The summed E-state index contributed by atoms with van der Waals surface area (Å²) in [5, 5.41) is 11.6. The van der Waals surface area contributed by atoms with Crippen LogP contribution in [0.5, 0.6) is 0 Å². The first kappa shape index (κ1) is 15.4. The van der Waals surface area contributed by atoms with Gasteiger partial charge in [-0.3, -0.25) is 4.79 Å². The van der Waals surface area contributed by atoms with Crippen LogP contribution in [-0.4, -0.2) is 36.9 Å². The smallest absolute Gasteiger partial charge is 0.246 e. The Hall–Kier alpha value is -0.610. The van der Waals surface area contributed by atoms with Gasteiger partial charge in [0.2, 0.25) is 5.91 Å². The largest absolute Gasteiger partial charge is 0.396 e. The molecule has 0 aliphatic heterocycles. The molecular weight excluding hydrogens is 230 g/mol. The van der Waals surface area contributed by atoms with E-state index >= 15 is 0 Å². The van der Waals surface area contributed by atoms with Crippen LogP contribution in [0.25, 0.3) is 0 Å². The van der Waals surface area contributed by atoms with Gasteiger partial charge in [-0.25, -0.2) is 0 Å². The second-order valence-electron chi connectivity index (χ2n) is 5.63. The lowest BCUT2D eigenvalue weighted by molar-refractivity contribution is -0.128. The molecule has 0 saturated heterocycles. The van der Waals surface area contributed by atoms with Crippen molar-refractivity contribution in [3.63, 3.8) is 0 Å². The zero-order valence-electron chi connectivity index (χ0n) is 11.7. The number of amides is 1. The Kier molecular flexibility index (Phi) is 7.28. The molecule has 1 aliphatic rings. The molecule has 0 bridgehead atoms. The minimum Gasteiger partial charge on any atom is -0.396 e. The maximum atomic E-state index is 11.6. The second kappa shape index (κ2) is 8.48. The molecule has 0 aromatic carbocycles. The Morgan fingerprint density at radius 3 is 2.94 bits per heavy atom. The zero-order valence-corrected chi connectivity index (χ0v) is 11.7. The van der Waals surface area contributed by atoms with Crippen LogP contribution in [0, 0.1) is 11.8 Å². The third-order valence-corrected chi connectivity index (χ3v) is 3.61. The van der Waals surface area contributed by atoms with Crippen molar-refractivity contribution < 1.29 is 14.6 Å². The first-order chi connectivity index (χ1) is 8.61. The summed E-state index contributed by atoms with van der Waals surface area (Å²) in [4.78, 5) is 11.6. The summed E-state index contributed by atoms with van der Waals surface area (Å²) in [5.41, 5.74) is 0. The lowest BCUT2D eigenvalue weighted by atomic mass is 9.89. The highest BCUT2D eigenvalue weighted by Gasteiger charge is 2.20. The molecule has 0 aromatic rings. The van der Waals surface area contributed by atoms with Crippen molar-refractivity contribution in [3.8, 4) is 0 Å². The number of nitrogens with one attached hydrogen (secondary N) is 1. The van der Waals surface area contributed by atoms with Crippen LogP contribution in [0.1, 0.15) is 46.0 Å². The number of hydrogen-bond acceptors (Lipinski definition) is 3. The van der Waals surface area contributed by atoms with Gasteiger partial charge < -0.3 is 15.2 Å². The van der Waals surface area contributed by atoms with Crippen LogP contribution in [0.2, 0.25) is 0 Å². The standard InChI is InChI=1S/C14H27NO3/c1-11-4-3-5-13(8-11)18-10-14(17)15-9-12(2)6-7-16/h11-13,16H,3-10H2,1-2H3,(H,15,17). The minimum atomic E-state index is -0.0435. The van der Waals surface area contributed by atoms with E-state index in [0.717, 1.165) is 25.2 Å². The topological polar surface area (TPSA) is 58.6 Å². The van der Waals surface area contributed by atoms with Gasteiger partial charge >= 0.3 is 0 Å². The highest BCUT2D eigenvalue weighted by molar-refractivity contribution is 5.77. The Morgan fingerprint density at radius 2 is 2.28 bits per heavy atom. The number of aliphatic hydroxyl groups is 1. The number of carbonyl (C=O) groups is 1. The molecule has 3 atom stereocenters. The Morgan fingerprint density at radius 1 is 1.50 bits per heavy atom. The fourth-order valence-electron chi connectivity index (χ4n) is 2.38. The molecule has 1 saturated carbocycles. The van der Waals surface area contributed by atoms with Gasteiger partial charge in [0.1, 0.15) is 6.61 Å². The number of ether oxygens (including phenoxy) is 1. The summed E-state index contributed by atoms with van der Waals surface area (Å²) >= 11 is 0.